The number of hydrogen-bond donors (Lipinski definition) is 1. The highest BCUT2D eigenvalue weighted by Gasteiger charge is 2.30. The molecule has 0 spiro atoms. The molecule has 1 amide bonds. The number of rotatable bonds is 1. The van der Waals surface area contributed by atoms with Gasteiger partial charge in [-0.15, -0.1) is 0 Å². The molecule has 1 heterocycles. The first-order valence-electron chi connectivity index (χ1n) is 3.39. The van der Waals surface area contributed by atoms with E-state index < -0.39 is 9.70 Å². The minimum Gasteiger partial charge on any atom is -0.307 e. The Morgan fingerprint density at radius 2 is 2.14 bits per heavy atom. The molecule has 1 N–H and O–H groups in total. The van der Waals surface area contributed by atoms with Crippen LogP contribution < -0.4 is 5.32 Å². The molecule has 7 heteroatoms. The third-order valence-corrected chi connectivity index (χ3v) is 2.23. The zero-order chi connectivity index (χ0) is 10.8. The smallest absolute Gasteiger partial charge is 0.277 e. The van der Waals surface area contributed by atoms with Gasteiger partial charge in [-0.05, 0) is 12.1 Å². The van der Waals surface area contributed by atoms with Crippen LogP contribution >= 0.6 is 50.7 Å². The van der Waals surface area contributed by atoms with E-state index >= 15 is 0 Å². The number of nitrogens with zero attached hydrogens (tertiary/aromatic N) is 1. The molecular formula is C7H4BrCl3N2O. The van der Waals surface area contributed by atoms with Gasteiger partial charge in [0, 0.05) is 10.7 Å². The van der Waals surface area contributed by atoms with Crippen LogP contribution in [0.5, 0.6) is 0 Å². The molecule has 1 aromatic rings. The fourth-order valence-electron chi connectivity index (χ4n) is 0.660. The summed E-state index contributed by atoms with van der Waals surface area (Å²) in [6.45, 7) is 0. The van der Waals surface area contributed by atoms with E-state index in [-0.39, 0.29) is 0 Å². The lowest BCUT2D eigenvalue weighted by Gasteiger charge is -2.10. The summed E-state index contributed by atoms with van der Waals surface area (Å²) in [7, 11) is 0. The summed E-state index contributed by atoms with van der Waals surface area (Å²) in [6.07, 6.45) is 1.51. The van der Waals surface area contributed by atoms with Crippen molar-refractivity contribution in [2.75, 3.05) is 5.32 Å². The fraction of sp³-hybridized carbons (Fsp3) is 0.143. The minimum absolute atomic E-state index is 0.315. The first kappa shape index (κ1) is 12.0. The molecule has 0 atom stereocenters. The number of pyridine rings is 1. The van der Waals surface area contributed by atoms with Gasteiger partial charge in [-0.3, -0.25) is 4.79 Å². The predicted octanol–water partition coefficient (Wildman–Crippen LogP) is 3.15. The van der Waals surface area contributed by atoms with Gasteiger partial charge in [-0.25, -0.2) is 4.98 Å². The molecule has 0 radical (unpaired) electrons. The van der Waals surface area contributed by atoms with Crippen LogP contribution in [-0.2, 0) is 4.79 Å². The summed E-state index contributed by atoms with van der Waals surface area (Å²) in [5, 5.41) is 2.35. The molecule has 0 fully saturated rings. The van der Waals surface area contributed by atoms with E-state index in [1.54, 1.807) is 12.1 Å². The molecule has 0 bridgehead atoms. The van der Waals surface area contributed by atoms with Crippen molar-refractivity contribution in [3.63, 3.8) is 0 Å². The number of carbonyl (C=O) groups excluding carboxylic acids is 1. The number of anilines is 1. The van der Waals surface area contributed by atoms with Crippen molar-refractivity contribution >= 4 is 62.5 Å². The van der Waals surface area contributed by atoms with Crippen molar-refractivity contribution in [1.29, 1.82) is 0 Å². The molecule has 0 unspecified atom stereocenters. The maximum atomic E-state index is 11.2. The molecule has 1 rings (SSSR count). The largest absolute Gasteiger partial charge is 0.307 e. The predicted molar refractivity (Wildman–Crippen MR) is 60.9 cm³/mol. The van der Waals surface area contributed by atoms with E-state index in [9.17, 15) is 4.79 Å². The average molecular weight is 318 g/mol. The maximum absolute atomic E-state index is 11.2. The lowest BCUT2D eigenvalue weighted by Crippen LogP contribution is -2.27. The molecular weight excluding hydrogens is 314 g/mol. The second kappa shape index (κ2) is 4.66. The SMILES string of the molecule is O=C(Nc1cc(Br)ccn1)C(Cl)(Cl)Cl. The van der Waals surface area contributed by atoms with Crippen LogP contribution in [0.15, 0.2) is 22.8 Å². The summed E-state index contributed by atoms with van der Waals surface area (Å²) in [5.74, 6) is -0.427. The van der Waals surface area contributed by atoms with Gasteiger partial charge in [0.05, 0.1) is 0 Å². The van der Waals surface area contributed by atoms with Crippen molar-refractivity contribution in [3.8, 4) is 0 Å². The second-order valence-corrected chi connectivity index (χ2v) is 5.51. The topological polar surface area (TPSA) is 42.0 Å². The number of alkyl halides is 3. The highest BCUT2D eigenvalue weighted by molar-refractivity contribution is 9.10. The maximum Gasteiger partial charge on any atom is 0.277 e. The van der Waals surface area contributed by atoms with Crippen LogP contribution in [0.3, 0.4) is 0 Å². The van der Waals surface area contributed by atoms with Crippen molar-refractivity contribution < 1.29 is 4.79 Å². The lowest BCUT2D eigenvalue weighted by molar-refractivity contribution is -0.115. The van der Waals surface area contributed by atoms with Gasteiger partial charge in [0.15, 0.2) is 0 Å². The Morgan fingerprint density at radius 1 is 1.50 bits per heavy atom. The van der Waals surface area contributed by atoms with Crippen molar-refractivity contribution in [1.82, 2.24) is 4.98 Å². The van der Waals surface area contributed by atoms with Gasteiger partial charge >= 0.3 is 0 Å². The van der Waals surface area contributed by atoms with Gasteiger partial charge in [-0.1, -0.05) is 50.7 Å². The molecule has 0 saturated heterocycles. The number of aromatic nitrogens is 1. The normalized spacial score (nSPS) is 11.1. The van der Waals surface area contributed by atoms with E-state index in [1.165, 1.54) is 6.20 Å². The first-order chi connectivity index (χ1) is 6.39. The van der Waals surface area contributed by atoms with Crippen LogP contribution in [0, 0.1) is 0 Å². The average Bonchev–Trinajstić information content (AvgIpc) is 2.02. The summed E-state index contributed by atoms with van der Waals surface area (Å²) in [6, 6.07) is 3.30. The Labute approximate surface area is 104 Å². The molecule has 76 valence electrons. The minimum atomic E-state index is -1.98. The zero-order valence-electron chi connectivity index (χ0n) is 6.60. The number of hydrogen-bond acceptors (Lipinski definition) is 2. The second-order valence-electron chi connectivity index (χ2n) is 2.31. The van der Waals surface area contributed by atoms with E-state index in [0.717, 1.165) is 4.47 Å². The molecule has 3 nitrogen and oxygen atoms in total. The van der Waals surface area contributed by atoms with Crippen molar-refractivity contribution in [3.05, 3.63) is 22.8 Å². The molecule has 0 aliphatic heterocycles. The summed E-state index contributed by atoms with van der Waals surface area (Å²) in [5.41, 5.74) is 0. The van der Waals surface area contributed by atoms with Gasteiger partial charge in [0.2, 0.25) is 0 Å². The van der Waals surface area contributed by atoms with Gasteiger partial charge in [0.1, 0.15) is 5.82 Å². The number of carbonyl (C=O) groups is 1. The Kier molecular flexibility index (Phi) is 4.01. The zero-order valence-corrected chi connectivity index (χ0v) is 10.5. The highest BCUT2D eigenvalue weighted by atomic mass is 79.9. The summed E-state index contributed by atoms with van der Waals surface area (Å²) in [4.78, 5) is 15.0. The molecule has 0 aliphatic carbocycles. The molecule has 14 heavy (non-hydrogen) atoms. The molecule has 1 aromatic heterocycles. The van der Waals surface area contributed by atoms with E-state index in [1.807, 2.05) is 0 Å². The van der Waals surface area contributed by atoms with Crippen LogP contribution in [0.2, 0.25) is 0 Å². The monoisotopic (exact) mass is 316 g/mol. The van der Waals surface area contributed by atoms with E-state index in [4.69, 9.17) is 34.8 Å². The Hall–Kier alpha value is -0.0300. The van der Waals surface area contributed by atoms with Crippen LogP contribution in [0.4, 0.5) is 5.82 Å². The van der Waals surface area contributed by atoms with Crippen LogP contribution in [0.25, 0.3) is 0 Å². The molecule has 0 aromatic carbocycles. The first-order valence-corrected chi connectivity index (χ1v) is 5.32. The van der Waals surface area contributed by atoms with Crippen molar-refractivity contribution in [2.24, 2.45) is 0 Å². The van der Waals surface area contributed by atoms with Gasteiger partial charge in [-0.2, -0.15) is 0 Å². The molecule has 0 aliphatic rings. The van der Waals surface area contributed by atoms with Gasteiger partial charge < -0.3 is 5.32 Å². The quantitative estimate of drug-likeness (QED) is 0.808. The van der Waals surface area contributed by atoms with Crippen LogP contribution in [0.1, 0.15) is 0 Å². The van der Waals surface area contributed by atoms with E-state index in [2.05, 4.69) is 26.2 Å². The highest BCUT2D eigenvalue weighted by Crippen LogP contribution is 2.27. The lowest BCUT2D eigenvalue weighted by atomic mass is 10.4. The van der Waals surface area contributed by atoms with E-state index in [0.29, 0.717) is 5.82 Å². The standard InChI is InChI=1S/C7H4BrCl3N2O/c8-4-1-2-12-5(3-4)13-6(14)7(9,10)11/h1-3H,(H,12,13,14). The number of amides is 1. The number of nitrogens with one attached hydrogen (secondary N) is 1. The Balaban J connectivity index is 2.75. The number of halogens is 4. The molecule has 0 saturated carbocycles. The summed E-state index contributed by atoms with van der Waals surface area (Å²) < 4.78 is -1.21. The fourth-order valence-corrected chi connectivity index (χ4v) is 1.14. The third-order valence-electron chi connectivity index (χ3n) is 1.22. The summed E-state index contributed by atoms with van der Waals surface area (Å²) >= 11 is 19.3. The van der Waals surface area contributed by atoms with Gasteiger partial charge in [0.25, 0.3) is 9.70 Å². The third kappa shape index (κ3) is 3.61. The van der Waals surface area contributed by atoms with Crippen LogP contribution in [-0.4, -0.2) is 14.7 Å². The van der Waals surface area contributed by atoms with Crippen molar-refractivity contribution in [2.45, 2.75) is 3.79 Å². The Bertz CT molecular complexity index is 353. The Morgan fingerprint density at radius 3 is 2.64 bits per heavy atom.